The van der Waals surface area contributed by atoms with Crippen molar-refractivity contribution in [2.75, 3.05) is 11.9 Å². The van der Waals surface area contributed by atoms with Gasteiger partial charge in [0, 0.05) is 30.5 Å². The second-order valence-electron chi connectivity index (χ2n) is 4.58. The summed E-state index contributed by atoms with van der Waals surface area (Å²) >= 11 is 0. The number of hydrogen-bond acceptors (Lipinski definition) is 3. The van der Waals surface area contributed by atoms with Crippen LogP contribution in [0.1, 0.15) is 23.9 Å². The van der Waals surface area contributed by atoms with Crippen molar-refractivity contribution < 1.29 is 4.74 Å². The van der Waals surface area contributed by atoms with Crippen molar-refractivity contribution in [1.82, 2.24) is 9.78 Å². The Morgan fingerprint density at radius 2 is 1.89 bits per heavy atom. The van der Waals surface area contributed by atoms with Crippen molar-refractivity contribution in [3.8, 4) is 5.75 Å². The summed E-state index contributed by atoms with van der Waals surface area (Å²) in [6, 6.07) is 8.03. The van der Waals surface area contributed by atoms with Gasteiger partial charge in [0.15, 0.2) is 0 Å². The minimum absolute atomic E-state index is 0.695. The topological polar surface area (TPSA) is 39.1 Å². The normalized spacial score (nSPS) is 10.5. The summed E-state index contributed by atoms with van der Waals surface area (Å²) in [5.74, 6) is 0.904. The van der Waals surface area contributed by atoms with E-state index in [0.29, 0.717) is 6.61 Å². The lowest BCUT2D eigenvalue weighted by molar-refractivity contribution is 0.340. The van der Waals surface area contributed by atoms with Crippen LogP contribution in [0, 0.1) is 13.8 Å². The molecule has 0 aliphatic heterocycles. The predicted octanol–water partition coefficient (Wildman–Crippen LogP) is 3.05. The summed E-state index contributed by atoms with van der Waals surface area (Å²) in [5.41, 5.74) is 4.64. The van der Waals surface area contributed by atoms with E-state index in [1.165, 1.54) is 11.3 Å². The Balaban J connectivity index is 2.02. The van der Waals surface area contributed by atoms with Crippen molar-refractivity contribution in [2.45, 2.75) is 27.3 Å². The van der Waals surface area contributed by atoms with Crippen LogP contribution in [0.2, 0.25) is 0 Å². The summed E-state index contributed by atoms with van der Waals surface area (Å²) < 4.78 is 7.35. The predicted molar refractivity (Wildman–Crippen MR) is 77.6 cm³/mol. The molecule has 0 fully saturated rings. The molecule has 0 unspecified atom stereocenters. The van der Waals surface area contributed by atoms with Gasteiger partial charge < -0.3 is 10.1 Å². The molecule has 0 amide bonds. The molecule has 4 nitrogen and oxygen atoms in total. The summed E-state index contributed by atoms with van der Waals surface area (Å²) in [7, 11) is 1.97. The summed E-state index contributed by atoms with van der Waals surface area (Å²) in [6.07, 6.45) is 0. The van der Waals surface area contributed by atoms with E-state index in [4.69, 9.17) is 4.74 Å². The van der Waals surface area contributed by atoms with Crippen molar-refractivity contribution in [1.29, 1.82) is 0 Å². The van der Waals surface area contributed by atoms with E-state index in [9.17, 15) is 0 Å². The van der Waals surface area contributed by atoms with Crippen molar-refractivity contribution in [3.05, 3.63) is 41.2 Å². The first-order valence-corrected chi connectivity index (χ1v) is 6.57. The zero-order valence-electron chi connectivity index (χ0n) is 12.0. The minimum atomic E-state index is 0.695. The molecule has 0 saturated heterocycles. The second-order valence-corrected chi connectivity index (χ2v) is 4.58. The first-order chi connectivity index (χ1) is 9.11. The van der Waals surface area contributed by atoms with Crippen molar-refractivity contribution in [3.63, 3.8) is 0 Å². The molecule has 1 aromatic carbocycles. The molecular formula is C15H21N3O. The van der Waals surface area contributed by atoms with E-state index in [1.807, 2.05) is 49.8 Å². The average molecular weight is 259 g/mol. The molecule has 0 atom stereocenters. The number of benzene rings is 1. The maximum Gasteiger partial charge on any atom is 0.119 e. The molecule has 0 aliphatic rings. The van der Waals surface area contributed by atoms with Gasteiger partial charge in [-0.25, -0.2) is 0 Å². The molecule has 0 bridgehead atoms. The number of nitrogens with one attached hydrogen (secondary N) is 1. The van der Waals surface area contributed by atoms with Crippen LogP contribution in [0.4, 0.5) is 5.69 Å². The van der Waals surface area contributed by atoms with E-state index < -0.39 is 0 Å². The van der Waals surface area contributed by atoms with E-state index in [0.717, 1.165) is 23.7 Å². The lowest BCUT2D eigenvalue weighted by Crippen LogP contribution is -2.02. The highest BCUT2D eigenvalue weighted by atomic mass is 16.5. The molecule has 1 heterocycles. The highest BCUT2D eigenvalue weighted by Gasteiger charge is 2.08. The number of aromatic nitrogens is 2. The van der Waals surface area contributed by atoms with Gasteiger partial charge in [-0.1, -0.05) is 0 Å². The van der Waals surface area contributed by atoms with Crippen molar-refractivity contribution >= 4 is 5.69 Å². The van der Waals surface area contributed by atoms with Gasteiger partial charge in [-0.2, -0.15) is 5.10 Å². The molecule has 19 heavy (non-hydrogen) atoms. The first kappa shape index (κ1) is 13.5. The smallest absolute Gasteiger partial charge is 0.119 e. The molecule has 0 radical (unpaired) electrons. The van der Waals surface area contributed by atoms with Gasteiger partial charge in [0.2, 0.25) is 0 Å². The fraction of sp³-hybridized carbons (Fsp3) is 0.400. The van der Waals surface area contributed by atoms with Crippen LogP contribution in [0.3, 0.4) is 0 Å². The van der Waals surface area contributed by atoms with Crippen LogP contribution in [0.15, 0.2) is 24.3 Å². The third-order valence-corrected chi connectivity index (χ3v) is 3.29. The number of hydrogen-bond donors (Lipinski definition) is 1. The van der Waals surface area contributed by atoms with E-state index in [1.54, 1.807) is 0 Å². The van der Waals surface area contributed by atoms with Crippen LogP contribution in [-0.4, -0.2) is 16.4 Å². The maximum atomic E-state index is 5.42. The Bertz CT molecular complexity index is 543. The van der Waals surface area contributed by atoms with Crippen molar-refractivity contribution in [2.24, 2.45) is 7.05 Å². The van der Waals surface area contributed by atoms with Gasteiger partial charge in [-0.15, -0.1) is 0 Å². The lowest BCUT2D eigenvalue weighted by atomic mass is 10.2. The second kappa shape index (κ2) is 5.78. The Morgan fingerprint density at radius 1 is 1.21 bits per heavy atom. The molecule has 0 aliphatic carbocycles. The summed E-state index contributed by atoms with van der Waals surface area (Å²) in [6.45, 7) is 7.61. The zero-order chi connectivity index (χ0) is 13.8. The summed E-state index contributed by atoms with van der Waals surface area (Å²) in [4.78, 5) is 0. The molecule has 0 saturated carbocycles. The van der Waals surface area contributed by atoms with E-state index in [-0.39, 0.29) is 0 Å². The third-order valence-electron chi connectivity index (χ3n) is 3.29. The van der Waals surface area contributed by atoms with Crippen LogP contribution in [0.5, 0.6) is 5.75 Å². The number of rotatable bonds is 5. The fourth-order valence-corrected chi connectivity index (χ4v) is 2.10. The van der Waals surface area contributed by atoms with Gasteiger partial charge in [-0.05, 0) is 45.0 Å². The zero-order valence-corrected chi connectivity index (χ0v) is 12.0. The molecule has 4 heteroatoms. The van der Waals surface area contributed by atoms with Gasteiger partial charge >= 0.3 is 0 Å². The quantitative estimate of drug-likeness (QED) is 0.897. The Hall–Kier alpha value is -1.97. The number of nitrogens with zero attached hydrogens (tertiary/aromatic N) is 2. The highest BCUT2D eigenvalue weighted by molar-refractivity contribution is 5.47. The molecule has 102 valence electrons. The van der Waals surface area contributed by atoms with E-state index >= 15 is 0 Å². The van der Waals surface area contributed by atoms with Crippen LogP contribution in [0.25, 0.3) is 0 Å². The third kappa shape index (κ3) is 3.08. The minimum Gasteiger partial charge on any atom is -0.494 e. The van der Waals surface area contributed by atoms with Gasteiger partial charge in [0.05, 0.1) is 12.3 Å². The lowest BCUT2D eigenvalue weighted by Gasteiger charge is -2.08. The molecule has 2 aromatic rings. The number of aryl methyl sites for hydroxylation is 2. The molecular weight excluding hydrogens is 238 g/mol. The maximum absolute atomic E-state index is 5.42. The molecule has 1 N–H and O–H groups in total. The largest absolute Gasteiger partial charge is 0.494 e. The Morgan fingerprint density at radius 3 is 2.42 bits per heavy atom. The molecule has 2 rings (SSSR count). The van der Waals surface area contributed by atoms with E-state index in [2.05, 4.69) is 17.3 Å². The fourth-order valence-electron chi connectivity index (χ4n) is 2.10. The van der Waals surface area contributed by atoms with Crippen LogP contribution < -0.4 is 10.1 Å². The SMILES string of the molecule is CCOc1ccc(NCc2c(C)nn(C)c2C)cc1. The number of ether oxygens (including phenoxy) is 1. The number of anilines is 1. The average Bonchev–Trinajstić information content (AvgIpc) is 2.64. The van der Waals surface area contributed by atoms with Gasteiger partial charge in [0.1, 0.15) is 5.75 Å². The highest BCUT2D eigenvalue weighted by Crippen LogP contribution is 2.18. The van der Waals surface area contributed by atoms with Gasteiger partial charge in [0.25, 0.3) is 0 Å². The molecule has 0 spiro atoms. The Labute approximate surface area is 114 Å². The monoisotopic (exact) mass is 259 g/mol. The van der Waals surface area contributed by atoms with Crippen LogP contribution >= 0.6 is 0 Å². The first-order valence-electron chi connectivity index (χ1n) is 6.57. The Kier molecular flexibility index (Phi) is 4.10. The summed E-state index contributed by atoms with van der Waals surface area (Å²) in [5, 5.41) is 7.83. The standard InChI is InChI=1S/C15H21N3O/c1-5-19-14-8-6-13(7-9-14)16-10-15-11(2)17-18(4)12(15)3/h6-9,16H,5,10H2,1-4H3. The van der Waals surface area contributed by atoms with Gasteiger partial charge in [-0.3, -0.25) is 4.68 Å². The molecule has 1 aromatic heterocycles. The van der Waals surface area contributed by atoms with Crippen LogP contribution in [-0.2, 0) is 13.6 Å².